The highest BCUT2D eigenvalue weighted by Gasteiger charge is 2.35. The number of hydrogen-bond donors (Lipinski definition) is 2. The minimum Gasteiger partial charge on any atom is -0.495 e. The van der Waals surface area contributed by atoms with Crippen molar-refractivity contribution >= 4 is 74.8 Å². The van der Waals surface area contributed by atoms with Gasteiger partial charge in [-0.2, -0.15) is 0 Å². The molecule has 0 bridgehead atoms. The molecule has 4 rings (SSSR count). The first kappa shape index (κ1) is 25.9. The number of carbonyl (C=O) groups excluding carboxylic acids is 3. The molecule has 0 aromatic heterocycles. The SMILES string of the molecule is COc1ccccc1NC(=O)CN1C(=O)N/C(=C/c2ccc(OCc3ccc(I)cc3)c(I)c2)C1=O. The molecule has 0 aliphatic carbocycles. The van der Waals surface area contributed by atoms with Gasteiger partial charge >= 0.3 is 6.03 Å². The molecule has 8 nitrogen and oxygen atoms in total. The van der Waals surface area contributed by atoms with Crippen LogP contribution in [0.4, 0.5) is 10.5 Å². The molecule has 2 N–H and O–H groups in total. The Morgan fingerprint density at radius 3 is 2.50 bits per heavy atom. The number of nitrogens with one attached hydrogen (secondary N) is 2. The fourth-order valence-corrected chi connectivity index (χ4v) is 4.48. The summed E-state index contributed by atoms with van der Waals surface area (Å²) >= 11 is 4.42. The van der Waals surface area contributed by atoms with Crippen LogP contribution in [0.1, 0.15) is 11.1 Å². The van der Waals surface area contributed by atoms with Gasteiger partial charge < -0.3 is 20.1 Å². The zero-order valence-electron chi connectivity index (χ0n) is 19.1. The number of nitrogens with zero attached hydrogens (tertiary/aromatic N) is 1. The van der Waals surface area contributed by atoms with Crippen molar-refractivity contribution in [2.75, 3.05) is 19.0 Å². The second kappa shape index (κ2) is 11.7. The smallest absolute Gasteiger partial charge is 0.329 e. The maximum Gasteiger partial charge on any atom is 0.329 e. The Morgan fingerprint density at radius 2 is 1.78 bits per heavy atom. The number of halogens is 2. The molecular formula is C26H21I2N3O5. The number of benzene rings is 3. The summed E-state index contributed by atoms with van der Waals surface area (Å²) in [4.78, 5) is 38.5. The summed E-state index contributed by atoms with van der Waals surface area (Å²) in [5, 5.41) is 5.20. The van der Waals surface area contributed by atoms with Gasteiger partial charge in [0.15, 0.2) is 0 Å². The second-order valence-electron chi connectivity index (χ2n) is 7.73. The molecule has 0 atom stereocenters. The quantitative estimate of drug-likeness (QED) is 0.195. The van der Waals surface area contributed by atoms with E-state index in [2.05, 4.69) is 55.8 Å². The highest BCUT2D eigenvalue weighted by Crippen LogP contribution is 2.26. The van der Waals surface area contributed by atoms with Gasteiger partial charge in [-0.3, -0.25) is 9.59 Å². The van der Waals surface area contributed by atoms with E-state index in [1.54, 1.807) is 36.4 Å². The molecule has 0 unspecified atom stereocenters. The third kappa shape index (κ3) is 6.35. The highest BCUT2D eigenvalue weighted by molar-refractivity contribution is 14.1. The molecule has 0 saturated carbocycles. The molecule has 10 heteroatoms. The number of para-hydroxylation sites is 2. The topological polar surface area (TPSA) is 97.0 Å². The minimum atomic E-state index is -0.659. The van der Waals surface area contributed by atoms with Crippen molar-refractivity contribution in [2.24, 2.45) is 0 Å². The standard InChI is InChI=1S/C26H21I2N3O5/c1-35-23-5-3-2-4-20(23)29-24(32)14-31-25(33)21(30-26(31)34)13-17-8-11-22(19(28)12-17)36-15-16-6-9-18(27)10-7-16/h2-13H,14-15H2,1H3,(H,29,32)(H,30,34)/b21-13+. The predicted octanol–water partition coefficient (Wildman–Crippen LogP) is 5.01. The molecule has 1 heterocycles. The summed E-state index contributed by atoms with van der Waals surface area (Å²) < 4.78 is 13.1. The van der Waals surface area contributed by atoms with Gasteiger partial charge in [0.25, 0.3) is 5.91 Å². The Bertz CT molecular complexity index is 1340. The maximum absolute atomic E-state index is 12.8. The van der Waals surface area contributed by atoms with Crippen molar-refractivity contribution < 1.29 is 23.9 Å². The Labute approximate surface area is 235 Å². The molecule has 184 valence electrons. The minimum absolute atomic E-state index is 0.0912. The first-order chi connectivity index (χ1) is 17.3. The van der Waals surface area contributed by atoms with E-state index in [1.807, 2.05) is 36.4 Å². The van der Waals surface area contributed by atoms with Crippen molar-refractivity contribution in [3.8, 4) is 11.5 Å². The van der Waals surface area contributed by atoms with Crippen LogP contribution in [0.3, 0.4) is 0 Å². The molecule has 1 aliphatic rings. The molecule has 0 radical (unpaired) electrons. The lowest BCUT2D eigenvalue weighted by Crippen LogP contribution is -2.38. The molecule has 3 aromatic carbocycles. The van der Waals surface area contributed by atoms with E-state index in [0.717, 1.165) is 17.6 Å². The molecule has 36 heavy (non-hydrogen) atoms. The van der Waals surface area contributed by atoms with Gasteiger partial charge in [-0.05, 0) is 98.8 Å². The number of amides is 4. The van der Waals surface area contributed by atoms with Crippen molar-refractivity contribution in [1.82, 2.24) is 10.2 Å². The predicted molar refractivity (Wildman–Crippen MR) is 152 cm³/mol. The van der Waals surface area contributed by atoms with Crippen LogP contribution in [-0.4, -0.2) is 36.4 Å². The van der Waals surface area contributed by atoms with Gasteiger partial charge in [-0.25, -0.2) is 9.69 Å². The summed E-state index contributed by atoms with van der Waals surface area (Å²) in [6.07, 6.45) is 1.57. The monoisotopic (exact) mass is 709 g/mol. The van der Waals surface area contributed by atoms with E-state index in [1.165, 1.54) is 7.11 Å². The van der Waals surface area contributed by atoms with E-state index in [4.69, 9.17) is 9.47 Å². The molecule has 0 spiro atoms. The largest absolute Gasteiger partial charge is 0.495 e. The first-order valence-corrected chi connectivity index (χ1v) is 12.9. The van der Waals surface area contributed by atoms with Crippen molar-refractivity contribution in [3.05, 3.63) is 90.7 Å². The van der Waals surface area contributed by atoms with Gasteiger partial charge in [0.1, 0.15) is 30.3 Å². The zero-order valence-corrected chi connectivity index (χ0v) is 23.4. The third-order valence-corrected chi connectivity index (χ3v) is 6.78. The van der Waals surface area contributed by atoms with Crippen LogP contribution in [0.25, 0.3) is 6.08 Å². The van der Waals surface area contributed by atoms with Crippen molar-refractivity contribution in [3.63, 3.8) is 0 Å². The number of ether oxygens (including phenoxy) is 2. The van der Waals surface area contributed by atoms with Crippen LogP contribution < -0.4 is 20.1 Å². The molecule has 1 saturated heterocycles. The number of urea groups is 1. The Balaban J connectivity index is 1.40. The third-order valence-electron chi connectivity index (χ3n) is 5.22. The average Bonchev–Trinajstić information content (AvgIpc) is 3.12. The van der Waals surface area contributed by atoms with E-state index < -0.39 is 24.4 Å². The van der Waals surface area contributed by atoms with Crippen molar-refractivity contribution in [2.45, 2.75) is 6.61 Å². The van der Waals surface area contributed by atoms with Gasteiger partial charge in [0.05, 0.1) is 16.4 Å². The summed E-state index contributed by atoms with van der Waals surface area (Å²) in [6, 6.07) is 19.8. The van der Waals surface area contributed by atoms with Crippen molar-refractivity contribution in [1.29, 1.82) is 0 Å². The molecular weight excluding hydrogens is 688 g/mol. The summed E-state index contributed by atoms with van der Waals surface area (Å²) in [6.45, 7) is 0.0106. The normalized spacial score (nSPS) is 14.1. The van der Waals surface area contributed by atoms with Crippen LogP contribution in [0.15, 0.2) is 72.4 Å². The molecule has 4 amide bonds. The molecule has 3 aromatic rings. The second-order valence-corrected chi connectivity index (χ2v) is 10.1. The van der Waals surface area contributed by atoms with Gasteiger partial charge in [0, 0.05) is 3.57 Å². The number of rotatable bonds is 8. The van der Waals surface area contributed by atoms with Crippen LogP contribution in [0.5, 0.6) is 11.5 Å². The van der Waals surface area contributed by atoms with E-state index >= 15 is 0 Å². The maximum atomic E-state index is 12.8. The number of methoxy groups -OCH3 is 1. The number of carbonyl (C=O) groups is 3. The van der Waals surface area contributed by atoms with E-state index in [9.17, 15) is 14.4 Å². The fraction of sp³-hybridized carbons (Fsp3) is 0.115. The lowest BCUT2D eigenvalue weighted by molar-refractivity contribution is -0.127. The van der Waals surface area contributed by atoms with Gasteiger partial charge in [0.2, 0.25) is 5.91 Å². The van der Waals surface area contributed by atoms with Crippen LogP contribution in [-0.2, 0) is 16.2 Å². The Morgan fingerprint density at radius 1 is 1.03 bits per heavy atom. The number of hydrogen-bond acceptors (Lipinski definition) is 5. The average molecular weight is 709 g/mol. The molecule has 1 fully saturated rings. The number of anilines is 1. The summed E-state index contributed by atoms with van der Waals surface area (Å²) in [5.41, 5.74) is 2.32. The Kier molecular flexibility index (Phi) is 8.46. The lowest BCUT2D eigenvalue weighted by Gasteiger charge is -2.13. The van der Waals surface area contributed by atoms with Gasteiger partial charge in [-0.15, -0.1) is 0 Å². The van der Waals surface area contributed by atoms with Crippen LogP contribution in [0, 0.1) is 7.14 Å². The first-order valence-electron chi connectivity index (χ1n) is 10.8. The number of imide groups is 1. The lowest BCUT2D eigenvalue weighted by atomic mass is 10.2. The Hall–Kier alpha value is -3.13. The highest BCUT2D eigenvalue weighted by atomic mass is 127. The summed E-state index contributed by atoms with van der Waals surface area (Å²) in [5.74, 6) is 0.0922. The molecule has 1 aliphatic heterocycles. The van der Waals surface area contributed by atoms with Crippen LogP contribution in [0.2, 0.25) is 0 Å². The summed E-state index contributed by atoms with van der Waals surface area (Å²) in [7, 11) is 1.49. The van der Waals surface area contributed by atoms with Gasteiger partial charge in [-0.1, -0.05) is 30.3 Å². The zero-order chi connectivity index (χ0) is 25.7. The van der Waals surface area contributed by atoms with E-state index in [0.29, 0.717) is 29.4 Å². The van der Waals surface area contributed by atoms with E-state index in [-0.39, 0.29) is 5.70 Å². The fourth-order valence-electron chi connectivity index (χ4n) is 3.43. The van der Waals surface area contributed by atoms with Crippen LogP contribution >= 0.6 is 45.2 Å².